The van der Waals surface area contributed by atoms with Crippen LogP contribution in [0.3, 0.4) is 0 Å². The molecule has 4 rings (SSSR count). The van der Waals surface area contributed by atoms with E-state index in [1.807, 2.05) is 27.7 Å². The summed E-state index contributed by atoms with van der Waals surface area (Å²) in [5, 5.41) is 8.79. The second kappa shape index (κ2) is 15.6. The lowest BCUT2D eigenvalue weighted by molar-refractivity contribution is -0.145. The van der Waals surface area contributed by atoms with Crippen LogP contribution in [0.1, 0.15) is 91.9 Å². The van der Waals surface area contributed by atoms with Gasteiger partial charge in [0.25, 0.3) is 5.91 Å². The monoisotopic (exact) mass is 660 g/mol. The smallest absolute Gasteiger partial charge is 0.289 e. The van der Waals surface area contributed by atoms with Crippen LogP contribution >= 0.6 is 11.6 Å². The van der Waals surface area contributed by atoms with Gasteiger partial charge in [0.15, 0.2) is 0 Å². The first-order valence-corrected chi connectivity index (χ1v) is 17.0. The summed E-state index contributed by atoms with van der Waals surface area (Å²) in [7, 11) is 0. The van der Waals surface area contributed by atoms with Crippen LogP contribution < -0.4 is 26.4 Å². The molecule has 2 heterocycles. The summed E-state index contributed by atoms with van der Waals surface area (Å²) in [6, 6.07) is -0.593. The van der Waals surface area contributed by atoms with Crippen molar-refractivity contribution >= 4 is 41.0 Å². The minimum atomic E-state index is -1.04. The number of rotatable bonds is 13. The lowest BCUT2D eigenvalue weighted by atomic mass is 9.82. The number of aromatic nitrogens is 1. The highest BCUT2D eigenvalue weighted by molar-refractivity contribution is 6.38. The van der Waals surface area contributed by atoms with E-state index in [2.05, 4.69) is 20.9 Å². The third-order valence-electron chi connectivity index (χ3n) is 9.04. The largest absolute Gasteiger partial charge is 0.472 e. The van der Waals surface area contributed by atoms with Crippen LogP contribution in [0.25, 0.3) is 0 Å². The highest BCUT2D eigenvalue weighted by atomic mass is 35.5. The van der Waals surface area contributed by atoms with Crippen molar-refractivity contribution in [2.24, 2.45) is 17.1 Å². The van der Waals surface area contributed by atoms with Crippen molar-refractivity contribution in [2.45, 2.75) is 128 Å². The summed E-state index contributed by atoms with van der Waals surface area (Å²) in [4.78, 5) is 72.8. The highest BCUT2D eigenvalue weighted by Crippen LogP contribution is 2.30. The number of likely N-dealkylation sites (tertiary alicyclic amines) is 1. The van der Waals surface area contributed by atoms with Crippen molar-refractivity contribution in [3.05, 3.63) is 23.4 Å². The van der Waals surface area contributed by atoms with Gasteiger partial charge in [0.2, 0.25) is 29.4 Å². The predicted octanol–water partition coefficient (Wildman–Crippen LogP) is 2.65. The number of hydrogen-bond donors (Lipinski definition) is 4. The standard InChI is InChI=1S/C33H49ClN6O6/c1-5-9-23(27(41)31(44)37-21-13-14-21)38-29(42)24-16-22(46-25-15-12-20(34)17-36-25)18-40(24)32(45)28(33(2,3)4)39-30(43)26(35)19-10-7-6-8-11-19/h12,15,17,19,21-24,26,28H,5-11,13-14,16,18,35H2,1-4H3,(H,37,44)(H,38,42)(H,39,43)/t22?,23-,24?,26+,28+/m1/s1. The molecular weight excluding hydrogens is 612 g/mol. The Hall–Kier alpha value is -3.25. The van der Waals surface area contributed by atoms with Crippen molar-refractivity contribution in [2.75, 3.05) is 6.54 Å². The van der Waals surface area contributed by atoms with Crippen LogP contribution in [0, 0.1) is 11.3 Å². The van der Waals surface area contributed by atoms with Crippen LogP contribution in [0.15, 0.2) is 18.3 Å². The Kier molecular flexibility index (Phi) is 12.0. The summed E-state index contributed by atoms with van der Waals surface area (Å²) < 4.78 is 6.06. The second-order valence-electron chi connectivity index (χ2n) is 14.0. The molecule has 1 saturated heterocycles. The van der Waals surface area contributed by atoms with Gasteiger partial charge in [-0.3, -0.25) is 24.0 Å². The summed E-state index contributed by atoms with van der Waals surface area (Å²) in [6.45, 7) is 7.41. The molecule has 1 aliphatic heterocycles. The molecule has 13 heteroatoms. The SMILES string of the molecule is CCC[C@@H](NC(=O)C1CC(Oc2ccc(Cl)cn2)CN1C(=O)[C@H](NC(=O)[C@@H](N)C1CCCCC1)C(C)(C)C)C(=O)C(=O)NC1CC1. The van der Waals surface area contributed by atoms with Crippen molar-refractivity contribution in [3.8, 4) is 5.88 Å². The molecule has 1 aromatic rings. The maximum atomic E-state index is 14.3. The number of halogens is 1. The zero-order chi connectivity index (χ0) is 33.6. The number of pyridine rings is 1. The van der Waals surface area contributed by atoms with E-state index < -0.39 is 65.1 Å². The number of nitrogens with zero attached hydrogens (tertiary/aromatic N) is 2. The van der Waals surface area contributed by atoms with Crippen LogP contribution in [0.5, 0.6) is 5.88 Å². The van der Waals surface area contributed by atoms with Crippen LogP contribution in [0.2, 0.25) is 5.02 Å². The molecule has 254 valence electrons. The van der Waals surface area contributed by atoms with Gasteiger partial charge in [0.1, 0.15) is 18.2 Å². The molecule has 3 aliphatic rings. The first kappa shape index (κ1) is 35.6. The van der Waals surface area contributed by atoms with Gasteiger partial charge >= 0.3 is 0 Å². The first-order valence-electron chi connectivity index (χ1n) is 16.6. The molecule has 0 spiro atoms. The normalized spacial score (nSPS) is 22.3. The van der Waals surface area contributed by atoms with Gasteiger partial charge in [0, 0.05) is 24.7 Å². The van der Waals surface area contributed by atoms with E-state index in [4.69, 9.17) is 22.1 Å². The van der Waals surface area contributed by atoms with E-state index in [0.717, 1.165) is 44.9 Å². The highest BCUT2D eigenvalue weighted by Gasteiger charge is 2.47. The number of ether oxygens (including phenoxy) is 1. The summed E-state index contributed by atoms with van der Waals surface area (Å²) >= 11 is 5.98. The fraction of sp³-hybridized carbons (Fsp3) is 0.697. The van der Waals surface area contributed by atoms with E-state index in [-0.39, 0.29) is 37.2 Å². The fourth-order valence-corrected chi connectivity index (χ4v) is 6.32. The van der Waals surface area contributed by atoms with Gasteiger partial charge in [0.05, 0.1) is 23.7 Å². The third kappa shape index (κ3) is 9.40. The van der Waals surface area contributed by atoms with Gasteiger partial charge in [-0.05, 0) is 49.5 Å². The first-order chi connectivity index (χ1) is 21.8. The van der Waals surface area contributed by atoms with E-state index in [1.54, 1.807) is 12.1 Å². The third-order valence-corrected chi connectivity index (χ3v) is 9.27. The molecule has 2 aliphatic carbocycles. The van der Waals surface area contributed by atoms with Crippen LogP contribution in [-0.2, 0) is 24.0 Å². The number of carbonyl (C=O) groups is 5. The average molecular weight is 661 g/mol. The Morgan fingerprint density at radius 3 is 2.35 bits per heavy atom. The van der Waals surface area contributed by atoms with Gasteiger partial charge in [-0.25, -0.2) is 4.98 Å². The molecule has 0 radical (unpaired) electrons. The van der Waals surface area contributed by atoms with E-state index in [0.29, 0.717) is 11.4 Å². The molecule has 12 nitrogen and oxygen atoms in total. The van der Waals surface area contributed by atoms with Crippen molar-refractivity contribution in [1.82, 2.24) is 25.8 Å². The Morgan fingerprint density at radius 2 is 1.76 bits per heavy atom. The Balaban J connectivity index is 1.55. The molecule has 0 bridgehead atoms. The van der Waals surface area contributed by atoms with Crippen LogP contribution in [-0.4, -0.2) is 82.2 Å². The molecule has 5 N–H and O–H groups in total. The number of nitrogens with one attached hydrogen (secondary N) is 3. The van der Waals surface area contributed by atoms with Crippen molar-refractivity contribution in [3.63, 3.8) is 0 Å². The second-order valence-corrected chi connectivity index (χ2v) is 14.4. The Labute approximate surface area is 276 Å². The lowest BCUT2D eigenvalue weighted by Gasteiger charge is -2.37. The maximum absolute atomic E-state index is 14.3. The van der Waals surface area contributed by atoms with Crippen molar-refractivity contribution in [1.29, 1.82) is 0 Å². The molecule has 46 heavy (non-hydrogen) atoms. The number of amides is 4. The van der Waals surface area contributed by atoms with Gasteiger partial charge in [-0.1, -0.05) is 65.0 Å². The summed E-state index contributed by atoms with van der Waals surface area (Å²) in [6.07, 6.45) is 8.28. The Bertz CT molecular complexity index is 1260. The minimum Gasteiger partial charge on any atom is -0.472 e. The molecule has 3 fully saturated rings. The van der Waals surface area contributed by atoms with E-state index >= 15 is 0 Å². The molecule has 0 aromatic carbocycles. The zero-order valence-corrected chi connectivity index (χ0v) is 28.1. The van der Waals surface area contributed by atoms with E-state index in [9.17, 15) is 24.0 Å². The molecular formula is C33H49ClN6O6. The quantitative estimate of drug-likeness (QED) is 0.234. The number of ketones is 1. The summed E-state index contributed by atoms with van der Waals surface area (Å²) in [5.74, 6) is -2.55. The number of carbonyl (C=O) groups excluding carboxylic acids is 5. The van der Waals surface area contributed by atoms with Gasteiger partial charge in [-0.15, -0.1) is 0 Å². The fourth-order valence-electron chi connectivity index (χ4n) is 6.21. The Morgan fingerprint density at radius 1 is 1.07 bits per heavy atom. The van der Waals surface area contributed by atoms with Gasteiger partial charge in [-0.2, -0.15) is 0 Å². The molecule has 5 atom stereocenters. The molecule has 2 unspecified atom stereocenters. The van der Waals surface area contributed by atoms with Gasteiger partial charge < -0.3 is 31.3 Å². The topological polar surface area (TPSA) is 173 Å². The number of hydrogen-bond acceptors (Lipinski definition) is 8. The predicted molar refractivity (Wildman–Crippen MR) is 173 cm³/mol. The number of Topliss-reactive ketones (excluding diaryl/α,β-unsaturated/α-hetero) is 1. The lowest BCUT2D eigenvalue weighted by Crippen LogP contribution is -2.61. The summed E-state index contributed by atoms with van der Waals surface area (Å²) in [5.41, 5.74) is 5.68. The zero-order valence-electron chi connectivity index (χ0n) is 27.4. The number of nitrogens with two attached hydrogens (primary N) is 1. The molecule has 2 saturated carbocycles. The van der Waals surface area contributed by atoms with Crippen LogP contribution in [0.4, 0.5) is 0 Å². The van der Waals surface area contributed by atoms with E-state index in [1.165, 1.54) is 11.1 Å². The molecule has 1 aromatic heterocycles. The minimum absolute atomic E-state index is 0.00692. The maximum Gasteiger partial charge on any atom is 0.289 e. The average Bonchev–Trinajstić information content (AvgIpc) is 3.74. The van der Waals surface area contributed by atoms with Crippen molar-refractivity contribution < 1.29 is 28.7 Å². The molecule has 4 amide bonds.